The maximum atomic E-state index is 12.9. The Bertz CT molecular complexity index is 743. The molecule has 0 aliphatic carbocycles. The summed E-state index contributed by atoms with van der Waals surface area (Å²) in [4.78, 5) is 51.1. The normalized spacial score (nSPS) is 25.0. The number of hydrogen-bond acceptors (Lipinski definition) is 8. The zero-order valence-corrected chi connectivity index (χ0v) is 21.0. The van der Waals surface area contributed by atoms with Gasteiger partial charge in [0.1, 0.15) is 18.1 Å². The van der Waals surface area contributed by atoms with Crippen molar-refractivity contribution in [3.63, 3.8) is 0 Å². The molecule has 2 fully saturated rings. The van der Waals surface area contributed by atoms with Crippen LogP contribution in [0.3, 0.4) is 0 Å². The fourth-order valence-electron chi connectivity index (χ4n) is 3.23. The van der Waals surface area contributed by atoms with E-state index >= 15 is 0 Å². The molecule has 2 amide bonds. The van der Waals surface area contributed by atoms with E-state index in [2.05, 4.69) is 40.4 Å². The van der Waals surface area contributed by atoms with Crippen LogP contribution in [0.5, 0.6) is 0 Å². The van der Waals surface area contributed by atoms with Gasteiger partial charge in [0, 0.05) is 6.61 Å². The van der Waals surface area contributed by atoms with Crippen LogP contribution in [0.4, 0.5) is 0 Å². The quantitative estimate of drug-likeness (QED) is 0.184. The number of carbonyl (C=O) groups is 4. The fourth-order valence-corrected chi connectivity index (χ4v) is 6.02. The Labute approximate surface area is 189 Å². The number of imide groups is 1. The molecule has 2 aliphatic heterocycles. The standard InChI is InChI=1S/C21H33NO7SSi/c1-8-11-28-19(25)17(24)22-16(23)15(13(2)29-31(6,7)21(3,4)5)18(22)30-20(26)14-10-9-12-27-14/h8,13-15,18H,1,9-12H2,2-7H3/t13-,14?,15+,18-/m1/s1. The first-order valence-corrected chi connectivity index (χ1v) is 14.3. The van der Waals surface area contributed by atoms with E-state index in [0.29, 0.717) is 13.0 Å². The molecule has 0 N–H and O–H groups in total. The molecule has 31 heavy (non-hydrogen) atoms. The number of esters is 1. The first-order valence-electron chi connectivity index (χ1n) is 10.5. The molecule has 2 rings (SSSR count). The largest absolute Gasteiger partial charge is 0.454 e. The molecule has 2 heterocycles. The minimum absolute atomic E-state index is 0.0752. The third kappa shape index (κ3) is 5.66. The number of likely N-dealkylation sites (tertiary alicyclic amines) is 1. The lowest BCUT2D eigenvalue weighted by atomic mass is 9.92. The van der Waals surface area contributed by atoms with Gasteiger partial charge in [-0.3, -0.25) is 19.3 Å². The van der Waals surface area contributed by atoms with E-state index in [9.17, 15) is 19.2 Å². The highest BCUT2D eigenvalue weighted by atomic mass is 32.2. The third-order valence-corrected chi connectivity index (χ3v) is 11.8. The topological polar surface area (TPSA) is 99.2 Å². The third-order valence-electron chi connectivity index (χ3n) is 6.03. The van der Waals surface area contributed by atoms with E-state index < -0.39 is 49.6 Å². The van der Waals surface area contributed by atoms with Gasteiger partial charge in [-0.25, -0.2) is 4.79 Å². The lowest BCUT2D eigenvalue weighted by Gasteiger charge is -2.49. The summed E-state index contributed by atoms with van der Waals surface area (Å²) in [6.45, 7) is 16.0. The van der Waals surface area contributed by atoms with Crippen LogP contribution in [0.15, 0.2) is 12.7 Å². The highest BCUT2D eigenvalue weighted by Crippen LogP contribution is 2.43. The summed E-state index contributed by atoms with van der Waals surface area (Å²) in [6, 6.07) is 0. The monoisotopic (exact) mass is 471 g/mol. The van der Waals surface area contributed by atoms with Gasteiger partial charge in [-0.2, -0.15) is 0 Å². The molecule has 10 heteroatoms. The molecule has 0 aromatic rings. The van der Waals surface area contributed by atoms with Crippen molar-refractivity contribution in [3.05, 3.63) is 12.7 Å². The van der Waals surface area contributed by atoms with Crippen molar-refractivity contribution in [2.75, 3.05) is 13.2 Å². The predicted molar refractivity (Wildman–Crippen MR) is 120 cm³/mol. The highest BCUT2D eigenvalue weighted by molar-refractivity contribution is 8.14. The minimum atomic E-state index is -2.20. The molecule has 174 valence electrons. The maximum Gasteiger partial charge on any atom is 0.397 e. The molecule has 0 spiro atoms. The Kier molecular flexibility index (Phi) is 8.29. The summed E-state index contributed by atoms with van der Waals surface area (Å²) < 4.78 is 16.6. The summed E-state index contributed by atoms with van der Waals surface area (Å²) in [5, 5.41) is -1.17. The van der Waals surface area contributed by atoms with Crippen molar-refractivity contribution in [2.45, 2.75) is 76.3 Å². The number of ether oxygens (including phenoxy) is 2. The molecular weight excluding hydrogens is 438 g/mol. The average molecular weight is 472 g/mol. The van der Waals surface area contributed by atoms with Crippen LogP contribution in [0, 0.1) is 5.92 Å². The van der Waals surface area contributed by atoms with Gasteiger partial charge in [-0.1, -0.05) is 45.2 Å². The molecule has 0 aromatic carbocycles. The highest BCUT2D eigenvalue weighted by Gasteiger charge is 2.57. The van der Waals surface area contributed by atoms with Crippen LogP contribution in [0.1, 0.15) is 40.5 Å². The molecule has 2 aliphatic rings. The number of rotatable bonds is 7. The molecule has 0 bridgehead atoms. The number of amides is 2. The second-order valence-corrected chi connectivity index (χ2v) is 15.2. The van der Waals surface area contributed by atoms with Gasteiger partial charge in [0.05, 0.1) is 12.0 Å². The van der Waals surface area contributed by atoms with Gasteiger partial charge in [0.2, 0.25) is 11.0 Å². The SMILES string of the molecule is C=CCOC(=O)C(=O)N1C(=O)[C@H]([C@@H](C)O[Si](C)(C)C(C)(C)C)[C@H]1SC(=O)C1CCCO1. The summed E-state index contributed by atoms with van der Waals surface area (Å²) in [6.07, 6.45) is 1.63. The molecule has 0 radical (unpaired) electrons. The second-order valence-electron chi connectivity index (χ2n) is 9.34. The van der Waals surface area contributed by atoms with E-state index in [1.807, 2.05) is 0 Å². The Morgan fingerprint density at radius 2 is 2.00 bits per heavy atom. The number of nitrogens with zero attached hydrogens (tertiary/aromatic N) is 1. The molecule has 1 unspecified atom stereocenters. The van der Waals surface area contributed by atoms with Crippen molar-refractivity contribution < 1.29 is 33.1 Å². The molecule has 4 atom stereocenters. The lowest BCUT2D eigenvalue weighted by molar-refractivity contribution is -0.174. The first-order chi connectivity index (χ1) is 14.3. The summed E-state index contributed by atoms with van der Waals surface area (Å²) >= 11 is 0.863. The van der Waals surface area contributed by atoms with Gasteiger partial charge in [-0.15, -0.1) is 0 Å². The van der Waals surface area contributed by atoms with Gasteiger partial charge in [-0.05, 0) is 37.9 Å². The van der Waals surface area contributed by atoms with Crippen molar-refractivity contribution in [2.24, 2.45) is 5.92 Å². The minimum Gasteiger partial charge on any atom is -0.454 e. The smallest absolute Gasteiger partial charge is 0.397 e. The molecule has 0 saturated carbocycles. The van der Waals surface area contributed by atoms with Gasteiger partial charge >= 0.3 is 11.9 Å². The number of hydrogen-bond donors (Lipinski definition) is 0. The van der Waals surface area contributed by atoms with E-state index in [1.54, 1.807) is 6.92 Å². The number of carbonyl (C=O) groups excluding carboxylic acids is 4. The van der Waals surface area contributed by atoms with E-state index in [1.165, 1.54) is 6.08 Å². The van der Waals surface area contributed by atoms with Crippen LogP contribution in [0.2, 0.25) is 18.1 Å². The molecule has 8 nitrogen and oxygen atoms in total. The molecule has 0 aromatic heterocycles. The summed E-state index contributed by atoms with van der Waals surface area (Å²) in [5.74, 6) is -3.50. The first kappa shape index (κ1) is 25.8. The Morgan fingerprint density at radius 1 is 1.35 bits per heavy atom. The Morgan fingerprint density at radius 3 is 2.52 bits per heavy atom. The Hall–Kier alpha value is -1.49. The molecular formula is C21H33NO7SSi. The number of thioether (sulfide) groups is 1. The second kappa shape index (κ2) is 9.97. The van der Waals surface area contributed by atoms with Crippen LogP contribution >= 0.6 is 11.8 Å². The van der Waals surface area contributed by atoms with Crippen LogP contribution in [-0.4, -0.2) is 66.9 Å². The van der Waals surface area contributed by atoms with E-state index in [4.69, 9.17) is 13.9 Å². The Balaban J connectivity index is 2.21. The van der Waals surface area contributed by atoms with Gasteiger partial charge in [0.15, 0.2) is 8.32 Å². The van der Waals surface area contributed by atoms with Crippen LogP contribution in [0.25, 0.3) is 0 Å². The average Bonchev–Trinajstić information content (AvgIpc) is 3.19. The lowest BCUT2D eigenvalue weighted by Crippen LogP contribution is -2.67. The van der Waals surface area contributed by atoms with Gasteiger partial charge < -0.3 is 13.9 Å². The number of β-lactam (4-membered cyclic amide) rings is 1. The van der Waals surface area contributed by atoms with Crippen LogP contribution < -0.4 is 0 Å². The summed E-state index contributed by atoms with van der Waals surface area (Å²) in [7, 11) is -2.20. The summed E-state index contributed by atoms with van der Waals surface area (Å²) in [5.41, 5.74) is 0. The zero-order chi connectivity index (χ0) is 23.6. The van der Waals surface area contributed by atoms with Crippen molar-refractivity contribution in [3.8, 4) is 0 Å². The van der Waals surface area contributed by atoms with E-state index in [-0.39, 0.29) is 16.8 Å². The van der Waals surface area contributed by atoms with Gasteiger partial charge in [0.25, 0.3) is 0 Å². The predicted octanol–water partition coefficient (Wildman–Crippen LogP) is 2.88. The van der Waals surface area contributed by atoms with Crippen molar-refractivity contribution in [1.29, 1.82) is 0 Å². The van der Waals surface area contributed by atoms with Crippen LogP contribution in [-0.2, 0) is 33.1 Å². The molecule has 2 saturated heterocycles. The van der Waals surface area contributed by atoms with E-state index in [0.717, 1.165) is 23.1 Å². The van der Waals surface area contributed by atoms with Crippen molar-refractivity contribution in [1.82, 2.24) is 4.90 Å². The zero-order valence-electron chi connectivity index (χ0n) is 19.1. The maximum absolute atomic E-state index is 12.9. The fraction of sp³-hybridized carbons (Fsp3) is 0.714. The van der Waals surface area contributed by atoms with Crippen molar-refractivity contribution >= 4 is 43.0 Å².